The molecule has 29 heavy (non-hydrogen) atoms. The maximum Gasteiger partial charge on any atom is 0.408 e. The third kappa shape index (κ3) is 16.5. The fourth-order valence-electron chi connectivity index (χ4n) is 1.35. The summed E-state index contributed by atoms with van der Waals surface area (Å²) in [6.45, 7) is -0.985. The van der Waals surface area contributed by atoms with Gasteiger partial charge in [0.1, 0.15) is 12.4 Å². The molecule has 0 aromatic carbocycles. The Labute approximate surface area is 162 Å². The Balaban J connectivity index is 0.000000828. The van der Waals surface area contributed by atoms with Gasteiger partial charge in [0, 0.05) is 25.0 Å². The highest BCUT2D eigenvalue weighted by Crippen LogP contribution is 2.14. The van der Waals surface area contributed by atoms with Crippen molar-refractivity contribution in [2.45, 2.75) is 19.0 Å². The van der Waals surface area contributed by atoms with Crippen molar-refractivity contribution in [3.05, 3.63) is 24.4 Å². The van der Waals surface area contributed by atoms with Gasteiger partial charge in [0.25, 0.3) is 0 Å². The second-order valence-corrected chi connectivity index (χ2v) is 4.96. The van der Waals surface area contributed by atoms with Crippen LogP contribution in [0, 0.1) is 0 Å². The minimum atomic E-state index is -4.42. The molecule has 0 saturated carbocycles. The van der Waals surface area contributed by atoms with Crippen LogP contribution in [0.2, 0.25) is 0 Å². The van der Waals surface area contributed by atoms with Crippen molar-refractivity contribution in [1.29, 1.82) is 0 Å². The van der Waals surface area contributed by atoms with Gasteiger partial charge in [0.15, 0.2) is 5.96 Å². The van der Waals surface area contributed by atoms with Crippen molar-refractivity contribution in [3.63, 3.8) is 0 Å². The Hall–Kier alpha value is -3.42. The van der Waals surface area contributed by atoms with E-state index >= 15 is 0 Å². The summed E-state index contributed by atoms with van der Waals surface area (Å²) in [5, 5.41) is 26.6. The minimum Gasteiger partial charge on any atom is -0.478 e. The number of aliphatic hydroxyl groups is 1. The van der Waals surface area contributed by atoms with Crippen LogP contribution in [0.5, 0.6) is 6.01 Å². The normalized spacial score (nSPS) is 11.5. The summed E-state index contributed by atoms with van der Waals surface area (Å²) in [6, 6.07) is 1.47. The molecule has 162 valence electrons. The van der Waals surface area contributed by atoms with E-state index in [9.17, 15) is 22.8 Å². The van der Waals surface area contributed by atoms with Crippen LogP contribution >= 0.6 is 0 Å². The average molecular weight is 423 g/mol. The van der Waals surface area contributed by atoms with Gasteiger partial charge in [-0.1, -0.05) is 0 Å². The summed E-state index contributed by atoms with van der Waals surface area (Å²) < 4.78 is 41.1. The molecule has 0 aliphatic carbocycles. The number of hydrogen-bond acceptors (Lipinski definition) is 7. The van der Waals surface area contributed by atoms with Crippen LogP contribution in [-0.4, -0.2) is 69.1 Å². The van der Waals surface area contributed by atoms with E-state index in [1.807, 2.05) is 0 Å². The zero-order chi connectivity index (χ0) is 22.3. The van der Waals surface area contributed by atoms with Gasteiger partial charge in [0.2, 0.25) is 0 Å². The molecule has 1 aromatic rings. The van der Waals surface area contributed by atoms with E-state index in [0.717, 1.165) is 0 Å². The number of carboxylic acid groups (broad SMARTS) is 2. The molecule has 0 fully saturated rings. The van der Waals surface area contributed by atoms with Gasteiger partial charge in [0.05, 0.1) is 6.61 Å². The van der Waals surface area contributed by atoms with E-state index in [1.54, 1.807) is 0 Å². The van der Waals surface area contributed by atoms with Gasteiger partial charge in [-0.15, -0.1) is 0 Å². The molecule has 14 heteroatoms. The first kappa shape index (κ1) is 25.6. The Morgan fingerprint density at radius 3 is 2.38 bits per heavy atom. The highest BCUT2D eigenvalue weighted by Gasteiger charge is 2.26. The number of hydrogen-bond donors (Lipinski definition) is 5. The number of nitrogens with zero attached hydrogens (tertiary/aromatic N) is 3. The number of aliphatic carboxylic acids is 2. The largest absolute Gasteiger partial charge is 0.478 e. The average Bonchev–Trinajstić information content (AvgIpc) is 2.62. The predicted molar refractivity (Wildman–Crippen MR) is 94.4 cm³/mol. The van der Waals surface area contributed by atoms with Crippen molar-refractivity contribution >= 4 is 23.7 Å². The molecule has 0 amide bonds. The summed E-state index contributed by atoms with van der Waals surface area (Å²) in [4.78, 5) is 30.0. The number of anilines is 1. The Bertz CT molecular complexity index is 696. The lowest BCUT2D eigenvalue weighted by Crippen LogP contribution is -2.26. The SMILES string of the molecule is NC(=NCC(F)(F)F)Nc1ccnc(OCCCCO)n1.O=C(O)C=CC(=O)O. The molecule has 0 radical (unpaired) electrons. The molecule has 0 bridgehead atoms. The highest BCUT2D eigenvalue weighted by atomic mass is 19.4. The molecule has 0 aliphatic heterocycles. The van der Waals surface area contributed by atoms with Gasteiger partial charge in [-0.25, -0.2) is 19.6 Å². The highest BCUT2D eigenvalue weighted by molar-refractivity contribution is 5.91. The number of aliphatic imine (C=N–C) groups is 1. The van der Waals surface area contributed by atoms with Crippen LogP contribution in [0.25, 0.3) is 0 Å². The molecule has 0 atom stereocenters. The number of alkyl halides is 3. The van der Waals surface area contributed by atoms with Gasteiger partial charge in [-0.05, 0) is 18.9 Å². The van der Waals surface area contributed by atoms with Crippen molar-refractivity contribution in [2.75, 3.05) is 25.1 Å². The van der Waals surface area contributed by atoms with Crippen LogP contribution in [0.1, 0.15) is 12.8 Å². The smallest absolute Gasteiger partial charge is 0.408 e. The molecule has 6 N–H and O–H groups in total. The Morgan fingerprint density at radius 1 is 1.24 bits per heavy atom. The number of guanidine groups is 1. The molecule has 11 nitrogen and oxygen atoms in total. The minimum absolute atomic E-state index is 0.0570. The number of nitrogens with two attached hydrogens (primary N) is 1. The van der Waals surface area contributed by atoms with Crippen LogP contribution < -0.4 is 15.8 Å². The first-order valence-corrected chi connectivity index (χ1v) is 7.88. The van der Waals surface area contributed by atoms with Crippen molar-refractivity contribution in [3.8, 4) is 6.01 Å². The summed E-state index contributed by atoms with van der Waals surface area (Å²) >= 11 is 0. The fourth-order valence-corrected chi connectivity index (χ4v) is 1.35. The van der Waals surface area contributed by atoms with Gasteiger partial charge < -0.3 is 31.1 Å². The van der Waals surface area contributed by atoms with E-state index in [-0.39, 0.29) is 18.4 Å². The van der Waals surface area contributed by atoms with Crippen LogP contribution in [0.4, 0.5) is 19.0 Å². The molecule has 0 aliphatic rings. The van der Waals surface area contributed by atoms with Gasteiger partial charge in [-0.2, -0.15) is 18.2 Å². The molecular formula is C15H20F3N5O6. The number of aliphatic hydroxyl groups excluding tert-OH is 1. The lowest BCUT2D eigenvalue weighted by Gasteiger charge is -2.08. The standard InChI is InChI=1S/C11H16F3N5O2.C4H4O4/c12-11(13,14)7-17-9(15)18-8-3-4-16-10(19-8)21-6-2-1-5-20;5-3(6)1-2-4(7)8/h3-4,20H,1-2,5-7H2,(H3,15,16,17,18,19);1-2H,(H,5,6)(H,7,8). The lowest BCUT2D eigenvalue weighted by molar-refractivity contribution is -0.134. The maximum absolute atomic E-state index is 12.0. The molecule has 1 rings (SSSR count). The Morgan fingerprint density at radius 2 is 1.86 bits per heavy atom. The monoisotopic (exact) mass is 423 g/mol. The fraction of sp³-hybridized carbons (Fsp3) is 0.400. The summed E-state index contributed by atoms with van der Waals surface area (Å²) in [5.74, 6) is -2.75. The second kappa shape index (κ2) is 13.7. The molecule has 0 saturated heterocycles. The number of unbranched alkanes of at least 4 members (excludes halogenated alkanes) is 1. The number of carboxylic acids is 2. The molecule has 1 heterocycles. The Kier molecular flexibility index (Phi) is 12.1. The number of carbonyl (C=O) groups is 2. The first-order chi connectivity index (χ1) is 13.5. The number of ether oxygens (including phenoxy) is 1. The van der Waals surface area contributed by atoms with Crippen molar-refractivity contribution in [1.82, 2.24) is 9.97 Å². The van der Waals surface area contributed by atoms with Crippen LogP contribution in [0.3, 0.4) is 0 Å². The van der Waals surface area contributed by atoms with Crippen molar-refractivity contribution < 1.29 is 42.8 Å². The van der Waals surface area contributed by atoms with E-state index in [0.29, 0.717) is 31.6 Å². The summed E-state index contributed by atoms with van der Waals surface area (Å²) in [5.41, 5.74) is 5.31. The van der Waals surface area contributed by atoms with Crippen LogP contribution in [-0.2, 0) is 9.59 Å². The zero-order valence-electron chi connectivity index (χ0n) is 15.0. The van der Waals surface area contributed by atoms with Crippen molar-refractivity contribution in [2.24, 2.45) is 10.7 Å². The predicted octanol–water partition coefficient (Wildman–Crippen LogP) is 0.629. The van der Waals surface area contributed by atoms with E-state index in [2.05, 4.69) is 20.3 Å². The van der Waals surface area contributed by atoms with E-state index in [4.69, 9.17) is 25.8 Å². The summed E-state index contributed by atoms with van der Waals surface area (Å²) in [6.07, 6.45) is -0.709. The quantitative estimate of drug-likeness (QED) is 0.164. The topological polar surface area (TPSA) is 180 Å². The molecule has 0 unspecified atom stereocenters. The first-order valence-electron chi connectivity index (χ1n) is 7.88. The summed E-state index contributed by atoms with van der Waals surface area (Å²) in [7, 11) is 0. The van der Waals surface area contributed by atoms with Crippen LogP contribution in [0.15, 0.2) is 29.4 Å². The molecule has 0 spiro atoms. The molecular weight excluding hydrogens is 403 g/mol. The molecule has 1 aromatic heterocycles. The second-order valence-electron chi connectivity index (χ2n) is 4.96. The van der Waals surface area contributed by atoms with Gasteiger partial charge in [-0.3, -0.25) is 0 Å². The number of rotatable bonds is 9. The van der Waals surface area contributed by atoms with E-state index < -0.39 is 30.6 Å². The lowest BCUT2D eigenvalue weighted by atomic mass is 10.3. The third-order valence-electron chi connectivity index (χ3n) is 2.47. The van der Waals surface area contributed by atoms with Gasteiger partial charge >= 0.3 is 24.1 Å². The zero-order valence-corrected chi connectivity index (χ0v) is 15.0. The third-order valence-corrected chi connectivity index (χ3v) is 2.47. The van der Waals surface area contributed by atoms with E-state index in [1.165, 1.54) is 12.3 Å². The number of nitrogens with one attached hydrogen (secondary N) is 1. The number of halogens is 3. The maximum atomic E-state index is 12.0. The number of aromatic nitrogens is 2.